The molecule has 4 rings (SSSR count). The number of halogens is 6. The number of benzene rings is 4. The maximum atomic E-state index is 14.7. The first-order valence-corrected chi connectivity index (χ1v) is 12.1. The first-order valence-electron chi connectivity index (χ1n) is 12.1. The molecule has 192 valence electrons. The van der Waals surface area contributed by atoms with Crippen molar-refractivity contribution in [3.05, 3.63) is 106 Å². The van der Waals surface area contributed by atoms with Crippen LogP contribution in [0.3, 0.4) is 0 Å². The van der Waals surface area contributed by atoms with Gasteiger partial charge < -0.3 is 0 Å². The molecule has 6 heteroatoms. The Hall–Kier alpha value is -4.16. The monoisotopic (exact) mass is 520 g/mol. The van der Waals surface area contributed by atoms with Crippen molar-refractivity contribution in [2.24, 2.45) is 0 Å². The summed E-state index contributed by atoms with van der Waals surface area (Å²) in [5.74, 6) is 4.00. The lowest BCUT2D eigenvalue weighted by Gasteiger charge is -2.06. The van der Waals surface area contributed by atoms with Crippen LogP contribution in [0, 0.1) is 41.1 Å². The molecule has 0 aliphatic carbocycles. The van der Waals surface area contributed by atoms with Crippen LogP contribution in [0.4, 0.5) is 26.3 Å². The molecule has 4 aromatic rings. The first-order chi connectivity index (χ1) is 18.1. The van der Waals surface area contributed by atoms with Crippen LogP contribution in [-0.4, -0.2) is 6.18 Å². The summed E-state index contributed by atoms with van der Waals surface area (Å²) in [6.07, 6.45) is -0.310. The number of hydrogen-bond acceptors (Lipinski definition) is 0. The molecule has 0 nitrogen and oxygen atoms in total. The zero-order chi connectivity index (χ0) is 27.3. The molecule has 0 unspecified atom stereocenters. The third-order valence-electron chi connectivity index (χ3n) is 6.00. The third-order valence-corrected chi connectivity index (χ3v) is 6.00. The van der Waals surface area contributed by atoms with Gasteiger partial charge in [-0.1, -0.05) is 73.9 Å². The highest BCUT2D eigenvalue weighted by atomic mass is 19.4. The van der Waals surface area contributed by atoms with Gasteiger partial charge in [-0.05, 0) is 65.3 Å². The van der Waals surface area contributed by atoms with Gasteiger partial charge in [-0.15, -0.1) is 0 Å². The van der Waals surface area contributed by atoms with Gasteiger partial charge in [0, 0.05) is 17.0 Å². The Balaban J connectivity index is 1.55. The Morgan fingerprint density at radius 3 is 1.95 bits per heavy atom. The molecule has 0 heterocycles. The van der Waals surface area contributed by atoms with Crippen molar-refractivity contribution in [3.63, 3.8) is 0 Å². The summed E-state index contributed by atoms with van der Waals surface area (Å²) in [7, 11) is 0. The van der Waals surface area contributed by atoms with Crippen molar-refractivity contribution in [2.45, 2.75) is 38.8 Å². The van der Waals surface area contributed by atoms with Crippen molar-refractivity contribution >= 4 is 10.8 Å². The quantitative estimate of drug-likeness (QED) is 0.140. The highest BCUT2D eigenvalue weighted by molar-refractivity contribution is 5.87. The highest BCUT2D eigenvalue weighted by Gasteiger charge is 2.24. The molecule has 0 saturated heterocycles. The van der Waals surface area contributed by atoms with Gasteiger partial charge in [-0.2, -0.15) is 13.2 Å². The summed E-state index contributed by atoms with van der Waals surface area (Å²) in [5.41, 5.74) is 3.06. The average Bonchev–Trinajstić information content (AvgIpc) is 2.87. The SMILES string of the molecule is CCCCCc1ccc(-c2ccc(C#Cc3cc(F)c4c(F)c(C#CC(F)(F)F)c(F)cc4c3)cc2)cc1. The summed E-state index contributed by atoms with van der Waals surface area (Å²) < 4.78 is 80.6. The molecule has 0 aliphatic rings. The normalized spacial score (nSPS) is 11.0. The van der Waals surface area contributed by atoms with Crippen molar-refractivity contribution in [1.82, 2.24) is 0 Å². The van der Waals surface area contributed by atoms with Gasteiger partial charge in [0.15, 0.2) is 5.82 Å². The van der Waals surface area contributed by atoms with E-state index >= 15 is 0 Å². The minimum absolute atomic E-state index is 0.158. The predicted molar refractivity (Wildman–Crippen MR) is 138 cm³/mol. The number of aryl methyl sites for hydroxylation is 1. The van der Waals surface area contributed by atoms with Gasteiger partial charge in [0.05, 0.1) is 10.9 Å². The van der Waals surface area contributed by atoms with E-state index in [1.807, 2.05) is 24.3 Å². The molecule has 0 amide bonds. The Morgan fingerprint density at radius 1 is 0.684 bits per heavy atom. The first kappa shape index (κ1) is 26.9. The van der Waals surface area contributed by atoms with E-state index in [4.69, 9.17) is 0 Å². The van der Waals surface area contributed by atoms with Crippen molar-refractivity contribution in [3.8, 4) is 34.8 Å². The van der Waals surface area contributed by atoms with Crippen LogP contribution in [0.5, 0.6) is 0 Å². The second-order valence-corrected chi connectivity index (χ2v) is 8.83. The molecule has 0 spiro atoms. The van der Waals surface area contributed by atoms with Crippen molar-refractivity contribution < 1.29 is 26.3 Å². The van der Waals surface area contributed by atoms with Crippen LogP contribution in [0.15, 0.2) is 66.7 Å². The summed E-state index contributed by atoms with van der Waals surface area (Å²) in [5, 5.41) is -0.820. The fourth-order valence-corrected chi connectivity index (χ4v) is 4.07. The van der Waals surface area contributed by atoms with Crippen LogP contribution in [0.1, 0.15) is 48.4 Å². The molecular formula is C32H22F6. The standard InChI is InChI=1S/C32H22F6/c1-2-3-4-5-21-8-12-24(13-9-21)25-14-10-22(11-15-25)6-7-23-18-26-20-28(33)27(16-17-32(36,37)38)31(35)30(26)29(34)19-23/h8-15,18-20H,2-5H2,1H3. The van der Waals surface area contributed by atoms with Crippen LogP contribution in [-0.2, 0) is 6.42 Å². The average molecular weight is 521 g/mol. The summed E-state index contributed by atoms with van der Waals surface area (Å²) in [4.78, 5) is 0. The predicted octanol–water partition coefficient (Wildman–Crippen LogP) is 8.97. The zero-order valence-corrected chi connectivity index (χ0v) is 20.4. The van der Waals surface area contributed by atoms with E-state index in [1.165, 1.54) is 36.8 Å². The fraction of sp³-hybridized carbons (Fsp3) is 0.188. The topological polar surface area (TPSA) is 0 Å². The minimum Gasteiger partial charge on any atom is -0.206 e. The molecule has 0 bridgehead atoms. The zero-order valence-electron chi connectivity index (χ0n) is 20.4. The maximum absolute atomic E-state index is 14.7. The molecule has 0 fully saturated rings. The lowest BCUT2D eigenvalue weighted by molar-refractivity contribution is -0.0696. The summed E-state index contributed by atoms with van der Waals surface area (Å²) in [6.45, 7) is 2.18. The van der Waals surface area contributed by atoms with E-state index in [0.717, 1.165) is 35.6 Å². The Bertz CT molecular complexity index is 1570. The number of fused-ring (bicyclic) bond motifs is 1. The van der Waals surface area contributed by atoms with E-state index in [0.29, 0.717) is 5.56 Å². The van der Waals surface area contributed by atoms with E-state index in [1.54, 1.807) is 0 Å². The van der Waals surface area contributed by atoms with E-state index < -0.39 is 34.6 Å². The molecule has 38 heavy (non-hydrogen) atoms. The number of unbranched alkanes of at least 4 members (excludes halogenated alkanes) is 2. The molecular weight excluding hydrogens is 498 g/mol. The molecule has 0 aliphatic heterocycles. The van der Waals surface area contributed by atoms with Gasteiger partial charge in [0.2, 0.25) is 0 Å². The largest absolute Gasteiger partial charge is 0.458 e. The number of hydrogen-bond donors (Lipinski definition) is 0. The third kappa shape index (κ3) is 6.58. The molecule has 0 atom stereocenters. The summed E-state index contributed by atoms with van der Waals surface area (Å²) >= 11 is 0. The van der Waals surface area contributed by atoms with Gasteiger partial charge in [-0.25, -0.2) is 13.2 Å². The Labute approximate surface area is 217 Å². The Morgan fingerprint density at radius 2 is 1.32 bits per heavy atom. The fourth-order valence-electron chi connectivity index (χ4n) is 4.07. The van der Waals surface area contributed by atoms with Gasteiger partial charge >= 0.3 is 6.18 Å². The lowest BCUT2D eigenvalue weighted by Crippen LogP contribution is -2.03. The van der Waals surface area contributed by atoms with Crippen molar-refractivity contribution in [1.29, 1.82) is 0 Å². The smallest absolute Gasteiger partial charge is 0.206 e. The molecule has 4 aromatic carbocycles. The lowest BCUT2D eigenvalue weighted by atomic mass is 10.00. The number of rotatable bonds is 5. The van der Waals surface area contributed by atoms with E-state index in [9.17, 15) is 26.3 Å². The Kier molecular flexibility index (Phi) is 8.13. The number of alkyl halides is 3. The second-order valence-electron chi connectivity index (χ2n) is 8.83. The van der Waals surface area contributed by atoms with Crippen LogP contribution < -0.4 is 0 Å². The van der Waals surface area contributed by atoms with Crippen molar-refractivity contribution in [2.75, 3.05) is 0 Å². The van der Waals surface area contributed by atoms with Crippen LogP contribution >= 0.6 is 0 Å². The minimum atomic E-state index is -4.94. The molecule has 0 saturated carbocycles. The van der Waals surface area contributed by atoms with E-state index in [2.05, 4.69) is 43.0 Å². The molecule has 0 N–H and O–H groups in total. The van der Waals surface area contributed by atoms with Gasteiger partial charge in [0.1, 0.15) is 11.6 Å². The molecule has 0 radical (unpaired) electrons. The summed E-state index contributed by atoms with van der Waals surface area (Å²) in [6, 6.07) is 18.9. The van der Waals surface area contributed by atoms with Gasteiger partial charge in [0.25, 0.3) is 0 Å². The van der Waals surface area contributed by atoms with Crippen LogP contribution in [0.2, 0.25) is 0 Å². The van der Waals surface area contributed by atoms with Crippen LogP contribution in [0.25, 0.3) is 21.9 Å². The maximum Gasteiger partial charge on any atom is 0.458 e. The van der Waals surface area contributed by atoms with E-state index in [-0.39, 0.29) is 10.9 Å². The molecule has 0 aromatic heterocycles. The highest BCUT2D eigenvalue weighted by Crippen LogP contribution is 2.28. The second kappa shape index (κ2) is 11.5. The van der Waals surface area contributed by atoms with Gasteiger partial charge in [-0.3, -0.25) is 0 Å².